The number of amides is 1. The minimum Gasteiger partial charge on any atom is -0.451 e. The van der Waals surface area contributed by atoms with E-state index in [0.717, 1.165) is 27.8 Å². The summed E-state index contributed by atoms with van der Waals surface area (Å²) in [4.78, 5) is 12.7. The van der Waals surface area contributed by atoms with E-state index >= 15 is 0 Å². The van der Waals surface area contributed by atoms with Crippen molar-refractivity contribution < 1.29 is 13.9 Å². The van der Waals surface area contributed by atoms with E-state index in [1.54, 1.807) is 7.11 Å². The van der Waals surface area contributed by atoms with Crippen molar-refractivity contribution in [3.05, 3.63) is 64.9 Å². The zero-order valence-corrected chi connectivity index (χ0v) is 13.5. The Balaban J connectivity index is 2.02. The fourth-order valence-corrected chi connectivity index (χ4v) is 2.75. The van der Waals surface area contributed by atoms with E-state index in [-0.39, 0.29) is 5.91 Å². The van der Waals surface area contributed by atoms with Crippen LogP contribution < -0.4 is 5.32 Å². The third-order valence-corrected chi connectivity index (χ3v) is 3.91. The number of hydrogen-bond donors (Lipinski definition) is 1. The summed E-state index contributed by atoms with van der Waals surface area (Å²) in [6.07, 6.45) is 0. The maximum atomic E-state index is 12.7. The standard InChI is InChI=1S/C19H19NO3/c1-12-7-6-8-13(2)17(12)20-19(21)18-15(11-22-3)14-9-4-5-10-16(14)23-18/h4-10H,11H2,1-3H3,(H,20,21). The lowest BCUT2D eigenvalue weighted by Crippen LogP contribution is -2.15. The van der Waals surface area contributed by atoms with Crippen LogP contribution in [0.2, 0.25) is 0 Å². The molecule has 0 unspecified atom stereocenters. The number of nitrogens with one attached hydrogen (secondary N) is 1. The van der Waals surface area contributed by atoms with Crippen LogP contribution in [-0.2, 0) is 11.3 Å². The number of fused-ring (bicyclic) bond motifs is 1. The molecule has 0 aliphatic heterocycles. The minimum absolute atomic E-state index is 0.259. The van der Waals surface area contributed by atoms with Gasteiger partial charge in [0.2, 0.25) is 0 Å². The van der Waals surface area contributed by atoms with Gasteiger partial charge in [0.1, 0.15) is 5.58 Å². The third kappa shape index (κ3) is 2.85. The van der Waals surface area contributed by atoms with Crippen molar-refractivity contribution in [2.75, 3.05) is 12.4 Å². The van der Waals surface area contributed by atoms with Gasteiger partial charge in [-0.15, -0.1) is 0 Å². The van der Waals surface area contributed by atoms with E-state index in [4.69, 9.17) is 9.15 Å². The molecule has 1 N–H and O–H groups in total. The Hall–Kier alpha value is -2.59. The molecular formula is C19H19NO3. The Morgan fingerprint density at radius 2 is 1.78 bits per heavy atom. The van der Waals surface area contributed by atoms with E-state index < -0.39 is 0 Å². The van der Waals surface area contributed by atoms with Crippen LogP contribution in [0.25, 0.3) is 11.0 Å². The number of methoxy groups -OCH3 is 1. The molecular weight excluding hydrogens is 290 g/mol. The average molecular weight is 309 g/mol. The summed E-state index contributed by atoms with van der Waals surface area (Å²) in [5.74, 6) is 0.0429. The Kier molecular flexibility index (Phi) is 4.17. The first kappa shape index (κ1) is 15.3. The number of para-hydroxylation sites is 2. The molecule has 0 atom stereocenters. The van der Waals surface area contributed by atoms with Crippen molar-refractivity contribution in [2.45, 2.75) is 20.5 Å². The molecule has 1 heterocycles. The zero-order chi connectivity index (χ0) is 16.4. The number of rotatable bonds is 4. The van der Waals surface area contributed by atoms with Crippen LogP contribution in [-0.4, -0.2) is 13.0 Å². The summed E-state index contributed by atoms with van der Waals surface area (Å²) < 4.78 is 11.0. The van der Waals surface area contributed by atoms with Crippen LogP contribution in [0, 0.1) is 13.8 Å². The molecule has 118 valence electrons. The van der Waals surface area contributed by atoms with Gasteiger partial charge in [0, 0.05) is 23.7 Å². The van der Waals surface area contributed by atoms with Gasteiger partial charge in [-0.1, -0.05) is 36.4 Å². The normalized spacial score (nSPS) is 10.9. The molecule has 1 amide bonds. The first-order chi connectivity index (χ1) is 11.1. The van der Waals surface area contributed by atoms with Crippen LogP contribution in [0.5, 0.6) is 0 Å². The molecule has 23 heavy (non-hydrogen) atoms. The maximum absolute atomic E-state index is 12.7. The number of furan rings is 1. The summed E-state index contributed by atoms with van der Waals surface area (Å²) in [6, 6.07) is 13.5. The predicted molar refractivity (Wildman–Crippen MR) is 90.8 cm³/mol. The second-order valence-corrected chi connectivity index (χ2v) is 5.56. The number of ether oxygens (including phenoxy) is 1. The topological polar surface area (TPSA) is 51.5 Å². The van der Waals surface area contributed by atoms with Crippen molar-refractivity contribution in [2.24, 2.45) is 0 Å². The lowest BCUT2D eigenvalue weighted by atomic mass is 10.1. The summed E-state index contributed by atoms with van der Waals surface area (Å²) in [5.41, 5.74) is 4.31. The maximum Gasteiger partial charge on any atom is 0.291 e. The van der Waals surface area contributed by atoms with Gasteiger partial charge in [0.05, 0.1) is 6.61 Å². The molecule has 3 aromatic rings. The Labute approximate surface area is 135 Å². The van der Waals surface area contributed by atoms with Crippen molar-refractivity contribution >= 4 is 22.6 Å². The first-order valence-electron chi connectivity index (χ1n) is 7.48. The molecule has 0 fully saturated rings. The van der Waals surface area contributed by atoms with Crippen LogP contribution in [0.1, 0.15) is 27.2 Å². The number of anilines is 1. The fraction of sp³-hybridized carbons (Fsp3) is 0.211. The molecule has 4 nitrogen and oxygen atoms in total. The minimum atomic E-state index is -0.259. The number of aryl methyl sites for hydroxylation is 2. The molecule has 2 aromatic carbocycles. The van der Waals surface area contributed by atoms with Crippen molar-refractivity contribution in [3.63, 3.8) is 0 Å². The van der Waals surface area contributed by atoms with Gasteiger partial charge in [-0.2, -0.15) is 0 Å². The zero-order valence-electron chi connectivity index (χ0n) is 13.5. The second kappa shape index (κ2) is 6.26. The number of hydrogen-bond acceptors (Lipinski definition) is 3. The van der Waals surface area contributed by atoms with E-state index in [1.807, 2.05) is 56.3 Å². The summed E-state index contributed by atoms with van der Waals surface area (Å²) >= 11 is 0. The highest BCUT2D eigenvalue weighted by atomic mass is 16.5. The molecule has 0 aliphatic rings. The van der Waals surface area contributed by atoms with E-state index in [2.05, 4.69) is 5.32 Å². The van der Waals surface area contributed by atoms with Crippen molar-refractivity contribution in [1.29, 1.82) is 0 Å². The highest BCUT2D eigenvalue weighted by Gasteiger charge is 2.21. The molecule has 1 aromatic heterocycles. The summed E-state index contributed by atoms with van der Waals surface area (Å²) in [6.45, 7) is 4.27. The summed E-state index contributed by atoms with van der Waals surface area (Å²) in [7, 11) is 1.61. The van der Waals surface area contributed by atoms with Gasteiger partial charge < -0.3 is 14.5 Å². The van der Waals surface area contributed by atoms with E-state index in [1.165, 1.54) is 0 Å². The fourth-order valence-electron chi connectivity index (χ4n) is 2.75. The third-order valence-electron chi connectivity index (χ3n) is 3.91. The van der Waals surface area contributed by atoms with Crippen LogP contribution in [0.15, 0.2) is 46.9 Å². The summed E-state index contributed by atoms with van der Waals surface area (Å²) in [5, 5.41) is 3.87. The Bertz CT molecular complexity index is 844. The molecule has 4 heteroatoms. The molecule has 0 saturated carbocycles. The van der Waals surface area contributed by atoms with Gasteiger partial charge >= 0.3 is 0 Å². The Morgan fingerprint density at radius 3 is 2.48 bits per heavy atom. The largest absolute Gasteiger partial charge is 0.451 e. The Morgan fingerprint density at radius 1 is 1.09 bits per heavy atom. The molecule has 0 aliphatic carbocycles. The molecule has 0 radical (unpaired) electrons. The van der Waals surface area contributed by atoms with Gasteiger partial charge in [0.25, 0.3) is 5.91 Å². The second-order valence-electron chi connectivity index (χ2n) is 5.56. The molecule has 0 spiro atoms. The van der Waals surface area contributed by atoms with Gasteiger partial charge in [-0.25, -0.2) is 0 Å². The molecule has 0 saturated heterocycles. The lowest BCUT2D eigenvalue weighted by Gasteiger charge is -2.11. The number of carbonyl (C=O) groups is 1. The smallest absolute Gasteiger partial charge is 0.291 e. The van der Waals surface area contributed by atoms with Crippen LogP contribution in [0.3, 0.4) is 0 Å². The average Bonchev–Trinajstić information content (AvgIpc) is 2.90. The van der Waals surface area contributed by atoms with Gasteiger partial charge in [-0.3, -0.25) is 4.79 Å². The lowest BCUT2D eigenvalue weighted by molar-refractivity contribution is 0.0992. The highest BCUT2D eigenvalue weighted by molar-refractivity contribution is 6.07. The molecule has 3 rings (SSSR count). The monoisotopic (exact) mass is 309 g/mol. The van der Waals surface area contributed by atoms with Crippen molar-refractivity contribution in [3.8, 4) is 0 Å². The quantitative estimate of drug-likeness (QED) is 0.774. The number of carbonyl (C=O) groups excluding carboxylic acids is 1. The van der Waals surface area contributed by atoms with E-state index in [0.29, 0.717) is 18.0 Å². The molecule has 0 bridgehead atoms. The SMILES string of the molecule is COCc1c(C(=O)Nc2c(C)cccc2C)oc2ccccc12. The first-order valence-corrected chi connectivity index (χ1v) is 7.48. The number of benzene rings is 2. The van der Waals surface area contributed by atoms with Gasteiger partial charge in [0.15, 0.2) is 5.76 Å². The van der Waals surface area contributed by atoms with Crippen LogP contribution >= 0.6 is 0 Å². The predicted octanol–water partition coefficient (Wildman–Crippen LogP) is 4.45. The van der Waals surface area contributed by atoms with Crippen LogP contribution in [0.4, 0.5) is 5.69 Å². The highest BCUT2D eigenvalue weighted by Crippen LogP contribution is 2.28. The van der Waals surface area contributed by atoms with E-state index in [9.17, 15) is 4.79 Å². The van der Waals surface area contributed by atoms with Gasteiger partial charge in [-0.05, 0) is 31.0 Å². The van der Waals surface area contributed by atoms with Crippen molar-refractivity contribution in [1.82, 2.24) is 0 Å².